The molecular formula is C18H21FN4O3. The number of amides is 3. The molecule has 1 aliphatic carbocycles. The van der Waals surface area contributed by atoms with Gasteiger partial charge < -0.3 is 20.4 Å². The lowest BCUT2D eigenvalue weighted by atomic mass is 9.96. The number of carbonyl (C=O) groups excluding carboxylic acids is 2. The van der Waals surface area contributed by atoms with Crippen molar-refractivity contribution in [2.45, 2.75) is 43.9 Å². The first-order valence-electron chi connectivity index (χ1n) is 8.86. The maximum Gasteiger partial charge on any atom is 0.317 e. The van der Waals surface area contributed by atoms with Gasteiger partial charge in [0, 0.05) is 32.0 Å². The zero-order chi connectivity index (χ0) is 18.1. The predicted octanol–water partition coefficient (Wildman–Crippen LogP) is 1.53. The van der Waals surface area contributed by atoms with Crippen molar-refractivity contribution < 1.29 is 18.8 Å². The second-order valence-corrected chi connectivity index (χ2v) is 7.19. The molecule has 2 N–H and O–H groups in total. The third kappa shape index (κ3) is 3.63. The Balaban J connectivity index is 1.28. The predicted molar refractivity (Wildman–Crippen MR) is 91.9 cm³/mol. The van der Waals surface area contributed by atoms with E-state index in [2.05, 4.69) is 15.8 Å². The Morgan fingerprint density at radius 3 is 2.81 bits per heavy atom. The summed E-state index contributed by atoms with van der Waals surface area (Å²) in [4.78, 5) is 31.7. The van der Waals surface area contributed by atoms with Crippen molar-refractivity contribution in [2.75, 3.05) is 13.1 Å². The van der Waals surface area contributed by atoms with E-state index in [1.165, 1.54) is 12.1 Å². The number of benzene rings is 1. The van der Waals surface area contributed by atoms with Crippen LogP contribution in [0.1, 0.15) is 31.2 Å². The molecule has 2 aliphatic heterocycles. The number of oxime groups is 1. The highest BCUT2D eigenvalue weighted by molar-refractivity contribution is 6.39. The zero-order valence-corrected chi connectivity index (χ0v) is 14.3. The molecule has 1 aromatic carbocycles. The van der Waals surface area contributed by atoms with Gasteiger partial charge in [-0.05, 0) is 30.5 Å². The summed E-state index contributed by atoms with van der Waals surface area (Å²) < 4.78 is 12.9. The van der Waals surface area contributed by atoms with Crippen molar-refractivity contribution in [2.24, 2.45) is 5.16 Å². The van der Waals surface area contributed by atoms with Crippen LogP contribution in [0, 0.1) is 5.82 Å². The van der Waals surface area contributed by atoms with Gasteiger partial charge in [0.2, 0.25) is 0 Å². The van der Waals surface area contributed by atoms with E-state index in [1.54, 1.807) is 17.0 Å². The van der Waals surface area contributed by atoms with Crippen molar-refractivity contribution in [3.63, 3.8) is 0 Å². The third-order valence-electron chi connectivity index (χ3n) is 4.98. The van der Waals surface area contributed by atoms with E-state index in [0.29, 0.717) is 44.2 Å². The molecule has 1 atom stereocenters. The fraction of sp³-hybridized carbons (Fsp3) is 0.500. The van der Waals surface area contributed by atoms with E-state index < -0.39 is 5.60 Å². The van der Waals surface area contributed by atoms with E-state index >= 15 is 0 Å². The molecule has 1 saturated heterocycles. The summed E-state index contributed by atoms with van der Waals surface area (Å²) in [6.45, 7) is 1.32. The summed E-state index contributed by atoms with van der Waals surface area (Å²) in [5.74, 6) is -0.612. The maximum atomic E-state index is 12.9. The number of urea groups is 1. The molecule has 2 heterocycles. The number of rotatable bonds is 4. The molecule has 3 amide bonds. The van der Waals surface area contributed by atoms with Crippen LogP contribution in [0.4, 0.5) is 9.18 Å². The van der Waals surface area contributed by atoms with Gasteiger partial charge in [0.25, 0.3) is 5.91 Å². The maximum absolute atomic E-state index is 12.9. The van der Waals surface area contributed by atoms with Crippen molar-refractivity contribution in [3.8, 4) is 0 Å². The largest absolute Gasteiger partial charge is 0.386 e. The van der Waals surface area contributed by atoms with Crippen LogP contribution in [0.2, 0.25) is 0 Å². The van der Waals surface area contributed by atoms with E-state index in [-0.39, 0.29) is 17.8 Å². The van der Waals surface area contributed by atoms with E-state index in [0.717, 1.165) is 18.4 Å². The SMILES string of the molecule is O=C(NCc1ccc(F)cc1)C1=NO[C@@]2(CCN(C(=O)NC3CC3)C2)C1. The minimum Gasteiger partial charge on any atom is -0.386 e. The number of nitrogens with one attached hydrogen (secondary N) is 2. The van der Waals surface area contributed by atoms with Gasteiger partial charge in [-0.25, -0.2) is 9.18 Å². The van der Waals surface area contributed by atoms with Gasteiger partial charge in [-0.2, -0.15) is 0 Å². The number of likely N-dealkylation sites (tertiary alicyclic amines) is 1. The molecule has 8 heteroatoms. The Morgan fingerprint density at radius 2 is 2.08 bits per heavy atom. The first-order chi connectivity index (χ1) is 12.5. The molecule has 0 bridgehead atoms. The number of carbonyl (C=O) groups is 2. The topological polar surface area (TPSA) is 83.0 Å². The lowest BCUT2D eigenvalue weighted by Gasteiger charge is -2.21. The highest BCUT2D eigenvalue weighted by Gasteiger charge is 2.48. The monoisotopic (exact) mass is 360 g/mol. The first kappa shape index (κ1) is 16.8. The van der Waals surface area contributed by atoms with Crippen LogP contribution in [0.15, 0.2) is 29.4 Å². The second-order valence-electron chi connectivity index (χ2n) is 7.19. The third-order valence-corrected chi connectivity index (χ3v) is 4.98. The standard InChI is InChI=1S/C18H21FN4O3/c19-13-3-1-12(2-4-13)10-20-16(24)15-9-18(26-22-15)7-8-23(11-18)17(25)21-14-5-6-14/h1-4,14H,5-11H2,(H,20,24)(H,21,25)/t18-/m0/s1. The van der Waals surface area contributed by atoms with Gasteiger partial charge in [0.15, 0.2) is 5.60 Å². The molecule has 1 aromatic rings. The van der Waals surface area contributed by atoms with Gasteiger partial charge in [0.1, 0.15) is 11.5 Å². The van der Waals surface area contributed by atoms with Gasteiger partial charge in [-0.15, -0.1) is 0 Å². The number of hydrogen-bond donors (Lipinski definition) is 2. The summed E-state index contributed by atoms with van der Waals surface area (Å²) in [6, 6.07) is 6.20. The van der Waals surface area contributed by atoms with Crippen LogP contribution in [-0.4, -0.2) is 47.3 Å². The lowest BCUT2D eigenvalue weighted by molar-refractivity contribution is -0.115. The summed E-state index contributed by atoms with van der Waals surface area (Å²) >= 11 is 0. The van der Waals surface area contributed by atoms with Gasteiger partial charge in [0.05, 0.1) is 6.54 Å². The van der Waals surface area contributed by atoms with E-state index in [4.69, 9.17) is 4.84 Å². The fourth-order valence-corrected chi connectivity index (χ4v) is 3.26. The molecule has 26 heavy (non-hydrogen) atoms. The van der Waals surface area contributed by atoms with Crippen LogP contribution in [0.25, 0.3) is 0 Å². The summed E-state index contributed by atoms with van der Waals surface area (Å²) in [5, 5.41) is 9.69. The van der Waals surface area contributed by atoms with Crippen molar-refractivity contribution in [1.29, 1.82) is 0 Å². The molecule has 0 aromatic heterocycles. The smallest absolute Gasteiger partial charge is 0.317 e. The molecule has 0 radical (unpaired) electrons. The van der Waals surface area contributed by atoms with Crippen molar-refractivity contribution in [3.05, 3.63) is 35.6 Å². The number of hydrogen-bond acceptors (Lipinski definition) is 4. The van der Waals surface area contributed by atoms with Gasteiger partial charge in [-0.3, -0.25) is 4.79 Å². The molecular weight excluding hydrogens is 339 g/mol. The second kappa shape index (κ2) is 6.59. The normalized spacial score (nSPS) is 24.3. The Labute approximate surface area is 150 Å². The average molecular weight is 360 g/mol. The van der Waals surface area contributed by atoms with Gasteiger partial charge >= 0.3 is 6.03 Å². The highest BCUT2D eigenvalue weighted by Crippen LogP contribution is 2.34. The van der Waals surface area contributed by atoms with E-state index in [9.17, 15) is 14.0 Å². The van der Waals surface area contributed by atoms with E-state index in [1.807, 2.05) is 0 Å². The van der Waals surface area contributed by atoms with Crippen molar-refractivity contribution >= 4 is 17.6 Å². The fourth-order valence-electron chi connectivity index (χ4n) is 3.26. The van der Waals surface area contributed by atoms with Crippen LogP contribution in [0.5, 0.6) is 0 Å². The van der Waals surface area contributed by atoms with Crippen LogP contribution < -0.4 is 10.6 Å². The summed E-state index contributed by atoms with van der Waals surface area (Å²) in [7, 11) is 0. The summed E-state index contributed by atoms with van der Waals surface area (Å²) in [6.07, 6.45) is 3.13. The van der Waals surface area contributed by atoms with Crippen LogP contribution in [-0.2, 0) is 16.2 Å². The minimum absolute atomic E-state index is 0.0674. The minimum atomic E-state index is -0.594. The molecule has 7 nitrogen and oxygen atoms in total. The Bertz CT molecular complexity index is 747. The Morgan fingerprint density at radius 1 is 1.31 bits per heavy atom. The Kier molecular flexibility index (Phi) is 4.26. The zero-order valence-electron chi connectivity index (χ0n) is 14.3. The molecule has 3 aliphatic rings. The highest BCUT2D eigenvalue weighted by atomic mass is 19.1. The summed E-state index contributed by atoms with van der Waals surface area (Å²) in [5.41, 5.74) is 0.540. The molecule has 1 spiro atoms. The first-order valence-corrected chi connectivity index (χ1v) is 8.86. The lowest BCUT2D eigenvalue weighted by Crippen LogP contribution is -2.43. The molecule has 1 saturated carbocycles. The molecule has 4 rings (SSSR count). The number of halogens is 1. The van der Waals surface area contributed by atoms with Crippen molar-refractivity contribution in [1.82, 2.24) is 15.5 Å². The van der Waals surface area contributed by atoms with Gasteiger partial charge in [-0.1, -0.05) is 17.3 Å². The quantitative estimate of drug-likeness (QED) is 0.854. The van der Waals surface area contributed by atoms with Crippen LogP contribution in [0.3, 0.4) is 0 Å². The van der Waals surface area contributed by atoms with Crippen LogP contribution >= 0.6 is 0 Å². The molecule has 2 fully saturated rings. The molecule has 138 valence electrons. The average Bonchev–Trinajstić information content (AvgIpc) is 3.20. The molecule has 0 unspecified atom stereocenters. The Hall–Kier alpha value is -2.64. The number of nitrogens with zero attached hydrogens (tertiary/aromatic N) is 2.